The maximum absolute atomic E-state index is 5.23. The first-order valence-corrected chi connectivity index (χ1v) is 4.10. The molecule has 0 aromatic carbocycles. The lowest BCUT2D eigenvalue weighted by Crippen LogP contribution is -2.49. The minimum absolute atomic E-state index is 0.650. The first-order valence-electron chi connectivity index (χ1n) is 4.10. The molecule has 1 fully saturated rings. The van der Waals surface area contributed by atoms with Gasteiger partial charge in [-0.3, -0.25) is 4.90 Å². The van der Waals surface area contributed by atoms with Crippen molar-refractivity contribution in [1.29, 1.82) is 0 Å². The van der Waals surface area contributed by atoms with E-state index in [9.17, 15) is 0 Å². The third kappa shape index (κ3) is 2.21. The van der Waals surface area contributed by atoms with Crippen LogP contribution in [0.5, 0.6) is 0 Å². The van der Waals surface area contributed by atoms with Crippen LogP contribution in [0.25, 0.3) is 0 Å². The third-order valence-electron chi connectivity index (χ3n) is 2.36. The predicted molar refractivity (Wildman–Crippen MR) is 47.4 cm³/mol. The zero-order valence-electron chi connectivity index (χ0n) is 7.38. The number of terminal acetylenes is 1. The van der Waals surface area contributed by atoms with E-state index in [1.165, 1.54) is 0 Å². The fourth-order valence-corrected chi connectivity index (χ4v) is 1.40. The van der Waals surface area contributed by atoms with Crippen LogP contribution in [0, 0.1) is 12.3 Å². The van der Waals surface area contributed by atoms with E-state index < -0.39 is 0 Å². The molecule has 0 radical (unpaired) electrons. The zero-order chi connectivity index (χ0) is 8.27. The Bertz CT molecular complexity index is 159. The molecular weight excluding hydrogens is 136 g/mol. The average molecular weight is 152 g/mol. The Labute approximate surface area is 69.2 Å². The summed E-state index contributed by atoms with van der Waals surface area (Å²) in [5.41, 5.74) is 0. The summed E-state index contributed by atoms with van der Waals surface area (Å²) in [4.78, 5) is 4.69. The Morgan fingerprint density at radius 1 is 1.55 bits per heavy atom. The van der Waals surface area contributed by atoms with Gasteiger partial charge in [-0.25, -0.2) is 0 Å². The maximum atomic E-state index is 5.23. The van der Waals surface area contributed by atoms with Gasteiger partial charge in [0, 0.05) is 25.7 Å². The summed E-state index contributed by atoms with van der Waals surface area (Å²) in [5.74, 6) is 2.68. The van der Waals surface area contributed by atoms with Gasteiger partial charge in [0.05, 0.1) is 6.54 Å². The van der Waals surface area contributed by atoms with Crippen LogP contribution in [0.1, 0.15) is 6.92 Å². The van der Waals surface area contributed by atoms with Crippen LogP contribution < -0.4 is 0 Å². The molecule has 0 N–H and O–H groups in total. The maximum Gasteiger partial charge on any atom is 0.0599 e. The third-order valence-corrected chi connectivity index (χ3v) is 2.36. The van der Waals surface area contributed by atoms with E-state index in [0.717, 1.165) is 26.2 Å². The lowest BCUT2D eigenvalue weighted by molar-refractivity contribution is 0.116. The normalized spacial score (nSPS) is 28.3. The van der Waals surface area contributed by atoms with Gasteiger partial charge in [0.25, 0.3) is 0 Å². The number of likely N-dealkylation sites (N-methyl/N-ethyl adjacent to an activating group) is 1. The topological polar surface area (TPSA) is 6.48 Å². The Kier molecular flexibility index (Phi) is 2.92. The van der Waals surface area contributed by atoms with Crippen LogP contribution in [0.3, 0.4) is 0 Å². The van der Waals surface area contributed by atoms with Gasteiger partial charge < -0.3 is 4.90 Å². The van der Waals surface area contributed by atoms with E-state index in [0.29, 0.717) is 6.04 Å². The van der Waals surface area contributed by atoms with Crippen molar-refractivity contribution in [3.05, 3.63) is 0 Å². The molecule has 0 aromatic heterocycles. The van der Waals surface area contributed by atoms with Crippen LogP contribution in [-0.2, 0) is 0 Å². The van der Waals surface area contributed by atoms with E-state index in [1.807, 2.05) is 0 Å². The van der Waals surface area contributed by atoms with Gasteiger partial charge in [-0.1, -0.05) is 5.92 Å². The van der Waals surface area contributed by atoms with Crippen molar-refractivity contribution in [2.75, 3.05) is 33.2 Å². The predicted octanol–water partition coefficient (Wildman–Crippen LogP) is 0.256. The number of hydrogen-bond acceptors (Lipinski definition) is 2. The average Bonchev–Trinajstić information content (AvgIpc) is 1.98. The number of hydrogen-bond donors (Lipinski definition) is 0. The molecule has 0 saturated carbocycles. The van der Waals surface area contributed by atoms with E-state index in [4.69, 9.17) is 6.42 Å². The first kappa shape index (κ1) is 8.58. The SMILES string of the molecule is C#CCN1CCN(C)C(C)C1. The summed E-state index contributed by atoms with van der Waals surface area (Å²) in [6.07, 6.45) is 5.23. The van der Waals surface area contributed by atoms with Crippen LogP contribution >= 0.6 is 0 Å². The highest BCUT2D eigenvalue weighted by molar-refractivity contribution is 4.90. The molecule has 1 aliphatic rings. The van der Waals surface area contributed by atoms with Crippen LogP contribution in [0.15, 0.2) is 0 Å². The largest absolute Gasteiger partial charge is 0.301 e. The first-order chi connectivity index (χ1) is 5.24. The van der Waals surface area contributed by atoms with Crippen LogP contribution in [-0.4, -0.2) is 49.1 Å². The van der Waals surface area contributed by atoms with Gasteiger partial charge in [0.1, 0.15) is 0 Å². The van der Waals surface area contributed by atoms with Gasteiger partial charge in [-0.15, -0.1) is 6.42 Å². The minimum Gasteiger partial charge on any atom is -0.301 e. The van der Waals surface area contributed by atoms with Gasteiger partial charge in [0.15, 0.2) is 0 Å². The van der Waals surface area contributed by atoms with Gasteiger partial charge in [-0.05, 0) is 14.0 Å². The molecule has 2 nitrogen and oxygen atoms in total. The summed E-state index contributed by atoms with van der Waals surface area (Å²) >= 11 is 0. The highest BCUT2D eigenvalue weighted by Gasteiger charge is 2.18. The molecule has 2 heteroatoms. The molecular formula is C9H16N2. The van der Waals surface area contributed by atoms with E-state index in [1.54, 1.807) is 0 Å². The van der Waals surface area contributed by atoms with E-state index in [-0.39, 0.29) is 0 Å². The van der Waals surface area contributed by atoms with Gasteiger partial charge in [-0.2, -0.15) is 0 Å². The number of rotatable bonds is 1. The molecule has 0 aromatic rings. The van der Waals surface area contributed by atoms with Crippen molar-refractivity contribution in [3.8, 4) is 12.3 Å². The zero-order valence-corrected chi connectivity index (χ0v) is 7.38. The second kappa shape index (κ2) is 3.75. The molecule has 1 saturated heterocycles. The summed E-state index contributed by atoms with van der Waals surface area (Å²) in [7, 11) is 2.16. The Balaban J connectivity index is 2.35. The molecule has 1 unspecified atom stereocenters. The Morgan fingerprint density at radius 2 is 2.27 bits per heavy atom. The van der Waals surface area contributed by atoms with Crippen molar-refractivity contribution >= 4 is 0 Å². The molecule has 0 aliphatic carbocycles. The summed E-state index contributed by atoms with van der Waals surface area (Å²) in [6.45, 7) is 6.41. The molecule has 1 heterocycles. The molecule has 1 atom stereocenters. The number of piperazine rings is 1. The van der Waals surface area contributed by atoms with E-state index >= 15 is 0 Å². The molecule has 0 amide bonds. The lowest BCUT2D eigenvalue weighted by atomic mass is 10.2. The summed E-state index contributed by atoms with van der Waals surface area (Å²) in [5, 5.41) is 0. The highest BCUT2D eigenvalue weighted by atomic mass is 15.3. The summed E-state index contributed by atoms with van der Waals surface area (Å²) in [6, 6.07) is 0.650. The fraction of sp³-hybridized carbons (Fsp3) is 0.778. The van der Waals surface area contributed by atoms with Crippen LogP contribution in [0.2, 0.25) is 0 Å². The molecule has 0 spiro atoms. The smallest absolute Gasteiger partial charge is 0.0599 e. The Hall–Kier alpha value is -0.520. The van der Waals surface area contributed by atoms with Gasteiger partial charge in [0.2, 0.25) is 0 Å². The standard InChI is InChI=1S/C9H16N2/c1-4-5-11-7-6-10(3)9(2)8-11/h1,9H,5-8H2,2-3H3. The second-order valence-corrected chi connectivity index (χ2v) is 3.27. The molecule has 0 bridgehead atoms. The number of nitrogens with zero attached hydrogens (tertiary/aromatic N) is 2. The van der Waals surface area contributed by atoms with E-state index in [2.05, 4.69) is 29.7 Å². The molecule has 11 heavy (non-hydrogen) atoms. The monoisotopic (exact) mass is 152 g/mol. The molecule has 1 aliphatic heterocycles. The highest BCUT2D eigenvalue weighted by Crippen LogP contribution is 2.05. The molecule has 62 valence electrons. The quantitative estimate of drug-likeness (QED) is 0.497. The fourth-order valence-electron chi connectivity index (χ4n) is 1.40. The van der Waals surface area contributed by atoms with Crippen molar-refractivity contribution in [2.45, 2.75) is 13.0 Å². The van der Waals surface area contributed by atoms with Gasteiger partial charge >= 0.3 is 0 Å². The Morgan fingerprint density at radius 3 is 2.82 bits per heavy atom. The van der Waals surface area contributed by atoms with Crippen molar-refractivity contribution in [2.24, 2.45) is 0 Å². The minimum atomic E-state index is 0.650. The summed E-state index contributed by atoms with van der Waals surface area (Å²) < 4.78 is 0. The lowest BCUT2D eigenvalue weighted by Gasteiger charge is -2.36. The van der Waals surface area contributed by atoms with Crippen molar-refractivity contribution < 1.29 is 0 Å². The second-order valence-electron chi connectivity index (χ2n) is 3.27. The van der Waals surface area contributed by atoms with Crippen LogP contribution in [0.4, 0.5) is 0 Å². The van der Waals surface area contributed by atoms with Crippen molar-refractivity contribution in [3.63, 3.8) is 0 Å². The molecule has 1 rings (SSSR count). The van der Waals surface area contributed by atoms with Crippen molar-refractivity contribution in [1.82, 2.24) is 9.80 Å².